The fourth-order valence-electron chi connectivity index (χ4n) is 2.60. The molecule has 0 radical (unpaired) electrons. The highest BCUT2D eigenvalue weighted by atomic mass is 32.2. The van der Waals surface area contributed by atoms with E-state index in [4.69, 9.17) is 0 Å². The maximum absolute atomic E-state index is 12.4. The average Bonchev–Trinajstić information content (AvgIpc) is 3.17. The second-order valence-corrected chi connectivity index (χ2v) is 8.00. The van der Waals surface area contributed by atoms with Crippen molar-refractivity contribution in [3.05, 3.63) is 30.0 Å². The van der Waals surface area contributed by atoms with Gasteiger partial charge in [-0.3, -0.25) is 0 Å². The predicted octanol–water partition coefficient (Wildman–Crippen LogP) is 2.86. The van der Waals surface area contributed by atoms with Gasteiger partial charge in [-0.2, -0.15) is 0 Å². The van der Waals surface area contributed by atoms with Gasteiger partial charge in [-0.1, -0.05) is 0 Å². The van der Waals surface area contributed by atoms with Crippen LogP contribution in [0.1, 0.15) is 43.1 Å². The molecule has 0 bridgehead atoms. The van der Waals surface area contributed by atoms with Crippen LogP contribution in [-0.2, 0) is 9.84 Å². The van der Waals surface area contributed by atoms with Crippen molar-refractivity contribution in [2.45, 2.75) is 42.9 Å². The zero-order valence-electron chi connectivity index (χ0n) is 11.9. The van der Waals surface area contributed by atoms with Crippen molar-refractivity contribution in [1.82, 2.24) is 4.57 Å². The Morgan fingerprint density at radius 1 is 1.33 bits per heavy atom. The van der Waals surface area contributed by atoms with Gasteiger partial charge in [0.25, 0.3) is 0 Å². The molecule has 0 saturated heterocycles. The summed E-state index contributed by atoms with van der Waals surface area (Å²) in [5.41, 5.74) is 0.704. The van der Waals surface area contributed by atoms with Gasteiger partial charge in [0.05, 0.1) is 21.2 Å². The number of carbonyl (C=O) groups is 1. The van der Waals surface area contributed by atoms with E-state index in [-0.39, 0.29) is 21.8 Å². The van der Waals surface area contributed by atoms with E-state index in [0.717, 1.165) is 0 Å². The lowest BCUT2D eigenvalue weighted by molar-refractivity contribution is 0.0699. The minimum absolute atomic E-state index is 0.0473. The summed E-state index contributed by atoms with van der Waals surface area (Å²) in [5, 5.41) is 9.60. The van der Waals surface area contributed by atoms with Crippen molar-refractivity contribution in [3.8, 4) is 0 Å². The Morgan fingerprint density at radius 2 is 2.00 bits per heavy atom. The summed E-state index contributed by atoms with van der Waals surface area (Å²) in [6, 6.07) is 4.76. The highest BCUT2D eigenvalue weighted by molar-refractivity contribution is 7.92. The summed E-state index contributed by atoms with van der Waals surface area (Å²) in [6.07, 6.45) is 3.12. The number of fused-ring (bicyclic) bond motifs is 1. The lowest BCUT2D eigenvalue weighted by Crippen LogP contribution is -2.10. The van der Waals surface area contributed by atoms with E-state index >= 15 is 0 Å². The number of carboxylic acids is 1. The Balaban J connectivity index is 2.32. The first-order chi connectivity index (χ1) is 9.82. The Hall–Kier alpha value is -1.82. The van der Waals surface area contributed by atoms with Crippen LogP contribution in [0.5, 0.6) is 0 Å². The van der Waals surface area contributed by atoms with Gasteiger partial charge in [0.1, 0.15) is 0 Å². The normalized spacial score (nSPS) is 15.8. The number of hydrogen-bond acceptors (Lipinski definition) is 3. The molecule has 3 rings (SSSR count). The van der Waals surface area contributed by atoms with Crippen LogP contribution < -0.4 is 0 Å². The predicted molar refractivity (Wildman–Crippen MR) is 79.5 cm³/mol. The van der Waals surface area contributed by atoms with Crippen molar-refractivity contribution < 1.29 is 18.3 Å². The van der Waals surface area contributed by atoms with Crippen molar-refractivity contribution in [2.75, 3.05) is 0 Å². The van der Waals surface area contributed by atoms with E-state index in [9.17, 15) is 18.3 Å². The molecule has 2 aromatic rings. The molecule has 6 heteroatoms. The van der Waals surface area contributed by atoms with E-state index in [2.05, 4.69) is 0 Å². The summed E-state index contributed by atoms with van der Waals surface area (Å²) < 4.78 is 26.7. The molecule has 1 saturated carbocycles. The molecule has 1 aromatic heterocycles. The van der Waals surface area contributed by atoms with Crippen molar-refractivity contribution in [3.63, 3.8) is 0 Å². The monoisotopic (exact) mass is 307 g/mol. The SMILES string of the molecule is CC(C)n1ccc2c(C(=O)O)cc(S(=O)(=O)C3CC3)cc21. The van der Waals surface area contributed by atoms with E-state index in [1.165, 1.54) is 6.07 Å². The van der Waals surface area contributed by atoms with Crippen molar-refractivity contribution in [2.24, 2.45) is 0 Å². The van der Waals surface area contributed by atoms with Crippen LogP contribution >= 0.6 is 0 Å². The molecule has 0 aliphatic heterocycles. The third-order valence-electron chi connectivity index (χ3n) is 3.89. The first kappa shape index (κ1) is 14.1. The van der Waals surface area contributed by atoms with E-state index < -0.39 is 15.8 Å². The quantitative estimate of drug-likeness (QED) is 0.942. The summed E-state index contributed by atoms with van der Waals surface area (Å²) in [7, 11) is -3.41. The molecule has 21 heavy (non-hydrogen) atoms. The molecule has 5 nitrogen and oxygen atoms in total. The van der Waals surface area contributed by atoms with Gasteiger partial charge in [-0.05, 0) is 44.9 Å². The molecule has 0 unspecified atom stereocenters. The molecule has 1 heterocycles. The summed E-state index contributed by atoms with van der Waals surface area (Å²) in [4.78, 5) is 11.6. The molecule has 1 aromatic carbocycles. The fraction of sp³-hybridized carbons (Fsp3) is 0.400. The molecule has 1 aliphatic rings. The summed E-state index contributed by atoms with van der Waals surface area (Å²) >= 11 is 0. The Bertz CT molecular complexity index is 829. The standard InChI is InChI=1S/C15H17NO4S/c1-9(2)16-6-5-12-13(15(17)18)7-11(8-14(12)16)21(19,20)10-3-4-10/h5-10H,3-4H2,1-2H3,(H,17,18). The van der Waals surface area contributed by atoms with E-state index in [0.29, 0.717) is 23.7 Å². The van der Waals surface area contributed by atoms with Gasteiger partial charge < -0.3 is 9.67 Å². The molecular formula is C15H17NO4S. The first-order valence-corrected chi connectivity index (χ1v) is 8.49. The van der Waals surface area contributed by atoms with E-state index in [1.807, 2.05) is 18.4 Å². The van der Waals surface area contributed by atoms with Gasteiger partial charge in [0, 0.05) is 17.6 Å². The van der Waals surface area contributed by atoms with Gasteiger partial charge >= 0.3 is 5.97 Å². The van der Waals surface area contributed by atoms with Gasteiger partial charge in [-0.15, -0.1) is 0 Å². The second kappa shape index (κ2) is 4.59. The van der Waals surface area contributed by atoms with Gasteiger partial charge in [0.2, 0.25) is 0 Å². The zero-order valence-corrected chi connectivity index (χ0v) is 12.7. The van der Waals surface area contributed by atoms with Crippen molar-refractivity contribution >= 4 is 26.7 Å². The summed E-state index contributed by atoms with van der Waals surface area (Å²) in [6.45, 7) is 3.95. The number of aromatic carboxylic acids is 1. The minimum Gasteiger partial charge on any atom is -0.478 e. The number of nitrogens with zero attached hydrogens (tertiary/aromatic N) is 1. The summed E-state index contributed by atoms with van der Waals surface area (Å²) in [5.74, 6) is -1.10. The Labute approximate surface area is 123 Å². The number of aromatic nitrogens is 1. The molecule has 1 aliphatic carbocycles. The van der Waals surface area contributed by atoms with Crippen LogP contribution in [0.15, 0.2) is 29.3 Å². The largest absolute Gasteiger partial charge is 0.478 e. The van der Waals surface area contributed by atoms with Crippen LogP contribution in [0.3, 0.4) is 0 Å². The third kappa shape index (κ3) is 2.23. The minimum atomic E-state index is -3.41. The number of sulfone groups is 1. The maximum Gasteiger partial charge on any atom is 0.336 e. The molecule has 0 amide bonds. The van der Waals surface area contributed by atoms with Crippen molar-refractivity contribution in [1.29, 1.82) is 0 Å². The zero-order chi connectivity index (χ0) is 15.4. The molecule has 0 spiro atoms. The number of rotatable bonds is 4. The highest BCUT2D eigenvalue weighted by Gasteiger charge is 2.37. The Morgan fingerprint density at radius 3 is 2.52 bits per heavy atom. The van der Waals surface area contributed by atoms with Crippen LogP contribution in [-0.4, -0.2) is 29.3 Å². The second-order valence-electron chi connectivity index (χ2n) is 5.77. The third-order valence-corrected chi connectivity index (χ3v) is 6.13. The van der Waals surface area contributed by atoms with Gasteiger partial charge in [0.15, 0.2) is 9.84 Å². The lowest BCUT2D eigenvalue weighted by atomic mass is 10.1. The molecule has 0 atom stereocenters. The van der Waals surface area contributed by atoms with Gasteiger partial charge in [-0.25, -0.2) is 13.2 Å². The highest BCUT2D eigenvalue weighted by Crippen LogP contribution is 2.36. The smallest absolute Gasteiger partial charge is 0.336 e. The van der Waals surface area contributed by atoms with E-state index in [1.54, 1.807) is 18.3 Å². The number of benzene rings is 1. The fourth-order valence-corrected chi connectivity index (χ4v) is 4.30. The lowest BCUT2D eigenvalue weighted by Gasteiger charge is -2.12. The molecule has 1 fully saturated rings. The first-order valence-electron chi connectivity index (χ1n) is 6.94. The number of hydrogen-bond donors (Lipinski definition) is 1. The molecule has 112 valence electrons. The number of carboxylic acid groups (broad SMARTS) is 1. The maximum atomic E-state index is 12.4. The molecular weight excluding hydrogens is 290 g/mol. The average molecular weight is 307 g/mol. The Kier molecular flexibility index (Phi) is 3.09. The molecule has 1 N–H and O–H groups in total. The van der Waals surface area contributed by atoms with Crippen LogP contribution in [0.4, 0.5) is 0 Å². The van der Waals surface area contributed by atoms with Crippen LogP contribution in [0.2, 0.25) is 0 Å². The van der Waals surface area contributed by atoms with Crippen LogP contribution in [0, 0.1) is 0 Å². The topological polar surface area (TPSA) is 76.4 Å². The van der Waals surface area contributed by atoms with Crippen LogP contribution in [0.25, 0.3) is 10.9 Å².